The van der Waals surface area contributed by atoms with E-state index in [2.05, 4.69) is 0 Å². The lowest BCUT2D eigenvalue weighted by Gasteiger charge is -1.98. The van der Waals surface area contributed by atoms with Gasteiger partial charge in [0.05, 0.1) is 5.02 Å². The highest BCUT2D eigenvalue weighted by atomic mass is 35.5. The Kier molecular flexibility index (Phi) is 2.25. The predicted octanol–water partition coefficient (Wildman–Crippen LogP) is 2.60. The number of aldehydes is 1. The Morgan fingerprint density at radius 1 is 1.55 bits per heavy atom. The number of benzene rings is 1. The van der Waals surface area contributed by atoms with Crippen LogP contribution in [0.2, 0.25) is 5.02 Å². The van der Waals surface area contributed by atoms with Gasteiger partial charge in [-0.3, -0.25) is 4.79 Å². The van der Waals surface area contributed by atoms with Crippen LogP contribution >= 0.6 is 11.6 Å². The molecule has 58 valence electrons. The molecule has 0 fully saturated rings. The van der Waals surface area contributed by atoms with Gasteiger partial charge >= 0.3 is 0 Å². The van der Waals surface area contributed by atoms with Crippen LogP contribution in [0.3, 0.4) is 0 Å². The van der Waals surface area contributed by atoms with Gasteiger partial charge in [-0.2, -0.15) is 0 Å². The third-order valence-corrected chi connectivity index (χ3v) is 1.73. The Morgan fingerprint density at radius 2 is 2.18 bits per heavy atom. The maximum Gasteiger partial charge on any atom is 0.151 e. The standard InChI is InChI=1S/C8H6ClFO/c1-5-2-6(4-11)7(9)3-8(5)10/h2-4H,1H3. The van der Waals surface area contributed by atoms with Crippen LogP contribution in [0.1, 0.15) is 15.9 Å². The van der Waals surface area contributed by atoms with Crippen molar-refractivity contribution in [2.24, 2.45) is 0 Å². The average molecular weight is 173 g/mol. The molecule has 1 rings (SSSR count). The van der Waals surface area contributed by atoms with E-state index >= 15 is 0 Å². The first-order valence-electron chi connectivity index (χ1n) is 3.06. The maximum absolute atomic E-state index is 12.7. The van der Waals surface area contributed by atoms with E-state index in [1.54, 1.807) is 6.92 Å². The largest absolute Gasteiger partial charge is 0.298 e. The highest BCUT2D eigenvalue weighted by molar-refractivity contribution is 6.32. The average Bonchev–Trinajstić information content (AvgIpc) is 1.97. The van der Waals surface area contributed by atoms with E-state index in [1.807, 2.05) is 0 Å². The molecule has 0 spiro atoms. The Labute approximate surface area is 68.8 Å². The van der Waals surface area contributed by atoms with Gasteiger partial charge in [0.2, 0.25) is 0 Å². The zero-order chi connectivity index (χ0) is 8.43. The zero-order valence-electron chi connectivity index (χ0n) is 5.90. The fourth-order valence-electron chi connectivity index (χ4n) is 0.770. The Balaban J connectivity index is 3.31. The van der Waals surface area contributed by atoms with Crippen LogP contribution in [-0.4, -0.2) is 6.29 Å². The topological polar surface area (TPSA) is 17.1 Å². The summed E-state index contributed by atoms with van der Waals surface area (Å²) in [4.78, 5) is 10.3. The van der Waals surface area contributed by atoms with Crippen molar-refractivity contribution in [3.8, 4) is 0 Å². The fraction of sp³-hybridized carbons (Fsp3) is 0.125. The third kappa shape index (κ3) is 1.57. The molecule has 0 heterocycles. The number of hydrogen-bond donors (Lipinski definition) is 0. The number of halogens is 2. The van der Waals surface area contributed by atoms with Crippen LogP contribution in [0.25, 0.3) is 0 Å². The second-order valence-electron chi connectivity index (χ2n) is 2.24. The van der Waals surface area contributed by atoms with Gasteiger partial charge in [0.15, 0.2) is 6.29 Å². The number of hydrogen-bond acceptors (Lipinski definition) is 1. The molecule has 11 heavy (non-hydrogen) atoms. The molecule has 0 aliphatic rings. The molecule has 0 atom stereocenters. The van der Waals surface area contributed by atoms with Crippen LogP contribution in [0.15, 0.2) is 12.1 Å². The summed E-state index contributed by atoms with van der Waals surface area (Å²) in [6.07, 6.45) is 0.606. The van der Waals surface area contributed by atoms with E-state index in [0.717, 1.165) is 6.07 Å². The van der Waals surface area contributed by atoms with Gasteiger partial charge < -0.3 is 0 Å². The minimum atomic E-state index is -0.388. The van der Waals surface area contributed by atoms with Crippen molar-refractivity contribution in [1.82, 2.24) is 0 Å². The Bertz CT molecular complexity index is 296. The summed E-state index contributed by atoms with van der Waals surface area (Å²) < 4.78 is 12.7. The second-order valence-corrected chi connectivity index (χ2v) is 2.65. The lowest BCUT2D eigenvalue weighted by molar-refractivity contribution is 0.112. The van der Waals surface area contributed by atoms with Crippen molar-refractivity contribution >= 4 is 17.9 Å². The van der Waals surface area contributed by atoms with Gasteiger partial charge in [-0.1, -0.05) is 11.6 Å². The molecular weight excluding hydrogens is 167 g/mol. The summed E-state index contributed by atoms with van der Waals surface area (Å²) >= 11 is 5.53. The van der Waals surface area contributed by atoms with Gasteiger partial charge in [-0.05, 0) is 24.6 Å². The van der Waals surface area contributed by atoms with Crippen LogP contribution in [0.5, 0.6) is 0 Å². The van der Waals surface area contributed by atoms with Gasteiger partial charge in [0.25, 0.3) is 0 Å². The zero-order valence-corrected chi connectivity index (χ0v) is 6.65. The van der Waals surface area contributed by atoms with E-state index in [-0.39, 0.29) is 10.8 Å². The molecule has 0 amide bonds. The number of rotatable bonds is 1. The van der Waals surface area contributed by atoms with E-state index in [4.69, 9.17) is 11.6 Å². The maximum atomic E-state index is 12.7. The van der Waals surface area contributed by atoms with Crippen molar-refractivity contribution in [3.05, 3.63) is 34.1 Å². The van der Waals surface area contributed by atoms with E-state index in [0.29, 0.717) is 17.4 Å². The lowest BCUT2D eigenvalue weighted by Crippen LogP contribution is -1.87. The van der Waals surface area contributed by atoms with Crippen molar-refractivity contribution in [3.63, 3.8) is 0 Å². The summed E-state index contributed by atoms with van der Waals surface area (Å²) in [5.74, 6) is -0.388. The molecule has 0 N–H and O–H groups in total. The first kappa shape index (κ1) is 8.21. The predicted molar refractivity (Wildman–Crippen MR) is 41.5 cm³/mol. The fourth-order valence-corrected chi connectivity index (χ4v) is 0.965. The molecular formula is C8H6ClFO. The number of aryl methyl sites for hydroxylation is 1. The first-order chi connectivity index (χ1) is 5.15. The van der Waals surface area contributed by atoms with E-state index < -0.39 is 0 Å². The monoisotopic (exact) mass is 172 g/mol. The molecule has 1 aromatic rings. The van der Waals surface area contributed by atoms with Gasteiger partial charge in [-0.15, -0.1) is 0 Å². The third-order valence-electron chi connectivity index (χ3n) is 1.40. The molecule has 0 saturated carbocycles. The van der Waals surface area contributed by atoms with Crippen LogP contribution < -0.4 is 0 Å². The van der Waals surface area contributed by atoms with Crippen LogP contribution in [-0.2, 0) is 0 Å². The molecule has 0 unspecified atom stereocenters. The highest BCUT2D eigenvalue weighted by Gasteiger charge is 2.03. The molecule has 1 nitrogen and oxygen atoms in total. The molecule has 3 heteroatoms. The van der Waals surface area contributed by atoms with Gasteiger partial charge in [0, 0.05) is 5.56 Å². The highest BCUT2D eigenvalue weighted by Crippen LogP contribution is 2.18. The smallest absolute Gasteiger partial charge is 0.151 e. The van der Waals surface area contributed by atoms with Crippen LogP contribution in [0, 0.1) is 12.7 Å². The van der Waals surface area contributed by atoms with Crippen molar-refractivity contribution in [2.75, 3.05) is 0 Å². The minimum Gasteiger partial charge on any atom is -0.298 e. The summed E-state index contributed by atoms with van der Waals surface area (Å²) in [7, 11) is 0. The summed E-state index contributed by atoms with van der Waals surface area (Å²) in [5, 5.41) is 0.156. The quantitative estimate of drug-likeness (QED) is 0.595. The van der Waals surface area contributed by atoms with Gasteiger partial charge in [0.1, 0.15) is 5.82 Å². The molecule has 1 aromatic carbocycles. The molecule has 0 bridgehead atoms. The number of carbonyl (C=O) groups is 1. The Morgan fingerprint density at radius 3 is 2.73 bits per heavy atom. The van der Waals surface area contributed by atoms with Crippen LogP contribution in [0.4, 0.5) is 4.39 Å². The van der Waals surface area contributed by atoms with E-state index in [1.165, 1.54) is 6.07 Å². The normalized spacial score (nSPS) is 9.73. The molecule has 0 aliphatic heterocycles. The lowest BCUT2D eigenvalue weighted by atomic mass is 10.1. The van der Waals surface area contributed by atoms with E-state index in [9.17, 15) is 9.18 Å². The summed E-state index contributed by atoms with van der Waals surface area (Å²) in [5.41, 5.74) is 0.752. The molecule has 0 saturated heterocycles. The second kappa shape index (κ2) is 3.01. The molecule has 0 aromatic heterocycles. The number of carbonyl (C=O) groups excluding carboxylic acids is 1. The van der Waals surface area contributed by atoms with Crippen molar-refractivity contribution in [1.29, 1.82) is 0 Å². The van der Waals surface area contributed by atoms with Crippen molar-refractivity contribution < 1.29 is 9.18 Å². The SMILES string of the molecule is Cc1cc(C=O)c(Cl)cc1F. The van der Waals surface area contributed by atoms with Crippen molar-refractivity contribution in [2.45, 2.75) is 6.92 Å². The Hall–Kier alpha value is -0.890. The summed E-state index contributed by atoms with van der Waals surface area (Å²) in [6, 6.07) is 2.56. The minimum absolute atomic E-state index is 0.156. The van der Waals surface area contributed by atoms with Gasteiger partial charge in [-0.25, -0.2) is 4.39 Å². The molecule has 0 radical (unpaired) electrons. The first-order valence-corrected chi connectivity index (χ1v) is 3.44. The summed E-state index contributed by atoms with van der Waals surface area (Å²) in [6.45, 7) is 1.58. The molecule has 0 aliphatic carbocycles.